The molecule has 1 aliphatic heterocycles. The van der Waals surface area contributed by atoms with E-state index in [0.717, 1.165) is 41.5 Å². The molecule has 0 atom stereocenters. The normalized spacial score (nSPS) is 14.2. The largest absolute Gasteiger partial charge is 0.338 e. The Morgan fingerprint density at radius 2 is 1.90 bits per heavy atom. The second-order valence-electron chi connectivity index (χ2n) is 5.08. The molecule has 0 bridgehead atoms. The summed E-state index contributed by atoms with van der Waals surface area (Å²) in [6.45, 7) is 1.60. The Balaban J connectivity index is 1.71. The van der Waals surface area contributed by atoms with Crippen molar-refractivity contribution in [2.75, 3.05) is 13.1 Å². The molecule has 0 fully saturated rings. The van der Waals surface area contributed by atoms with E-state index >= 15 is 0 Å². The molecule has 0 radical (unpaired) electrons. The standard InChI is InChI=1S/C17H16BrNO/c18-15-6-7-16-14(12-15)9-11-19(17(16)20)10-8-13-4-2-1-3-5-13/h1-7,12H,8-11H2. The Labute approximate surface area is 127 Å². The van der Waals surface area contributed by atoms with Crippen molar-refractivity contribution >= 4 is 21.8 Å². The molecule has 2 nitrogen and oxygen atoms in total. The van der Waals surface area contributed by atoms with Crippen LogP contribution in [0.25, 0.3) is 0 Å². The molecule has 3 heteroatoms. The summed E-state index contributed by atoms with van der Waals surface area (Å²) in [6.07, 6.45) is 1.85. The lowest BCUT2D eigenvalue weighted by molar-refractivity contribution is 0.0741. The zero-order valence-electron chi connectivity index (χ0n) is 11.2. The van der Waals surface area contributed by atoms with E-state index in [0.29, 0.717) is 0 Å². The number of hydrogen-bond donors (Lipinski definition) is 0. The number of carbonyl (C=O) groups excluding carboxylic acids is 1. The highest BCUT2D eigenvalue weighted by Crippen LogP contribution is 2.23. The minimum absolute atomic E-state index is 0.162. The first-order chi connectivity index (χ1) is 9.74. The molecule has 102 valence electrons. The molecule has 0 spiro atoms. The Morgan fingerprint density at radius 1 is 1.10 bits per heavy atom. The molecule has 0 aromatic heterocycles. The van der Waals surface area contributed by atoms with Gasteiger partial charge in [-0.25, -0.2) is 0 Å². The maximum absolute atomic E-state index is 12.5. The van der Waals surface area contributed by atoms with Gasteiger partial charge in [-0.15, -0.1) is 0 Å². The number of halogens is 1. The summed E-state index contributed by atoms with van der Waals surface area (Å²) >= 11 is 3.46. The fourth-order valence-corrected chi connectivity index (χ4v) is 3.04. The van der Waals surface area contributed by atoms with Crippen molar-refractivity contribution < 1.29 is 4.79 Å². The van der Waals surface area contributed by atoms with Gasteiger partial charge in [-0.1, -0.05) is 46.3 Å². The zero-order chi connectivity index (χ0) is 13.9. The van der Waals surface area contributed by atoms with Crippen molar-refractivity contribution in [1.29, 1.82) is 0 Å². The van der Waals surface area contributed by atoms with Crippen LogP contribution >= 0.6 is 15.9 Å². The van der Waals surface area contributed by atoms with Crippen molar-refractivity contribution in [3.8, 4) is 0 Å². The van der Waals surface area contributed by atoms with Gasteiger partial charge < -0.3 is 4.90 Å². The molecule has 0 aliphatic carbocycles. The van der Waals surface area contributed by atoms with Crippen LogP contribution in [0.5, 0.6) is 0 Å². The third-order valence-corrected chi connectivity index (χ3v) is 4.24. The van der Waals surface area contributed by atoms with Gasteiger partial charge in [0.05, 0.1) is 0 Å². The van der Waals surface area contributed by atoms with Crippen LogP contribution in [-0.2, 0) is 12.8 Å². The summed E-state index contributed by atoms with van der Waals surface area (Å²) in [6, 6.07) is 16.2. The summed E-state index contributed by atoms with van der Waals surface area (Å²) in [4.78, 5) is 14.4. The number of amides is 1. The van der Waals surface area contributed by atoms with E-state index in [9.17, 15) is 4.79 Å². The maximum Gasteiger partial charge on any atom is 0.254 e. The van der Waals surface area contributed by atoms with Crippen LogP contribution < -0.4 is 0 Å². The summed E-state index contributed by atoms with van der Waals surface area (Å²) in [5, 5.41) is 0. The number of hydrogen-bond acceptors (Lipinski definition) is 1. The lowest BCUT2D eigenvalue weighted by Crippen LogP contribution is -2.38. The van der Waals surface area contributed by atoms with Gasteiger partial charge in [-0.2, -0.15) is 0 Å². The van der Waals surface area contributed by atoms with Gasteiger partial charge in [0, 0.05) is 23.1 Å². The van der Waals surface area contributed by atoms with E-state index in [-0.39, 0.29) is 5.91 Å². The first kappa shape index (κ1) is 13.4. The number of benzene rings is 2. The second-order valence-corrected chi connectivity index (χ2v) is 5.99. The zero-order valence-corrected chi connectivity index (χ0v) is 12.8. The Hall–Kier alpha value is -1.61. The van der Waals surface area contributed by atoms with Crippen LogP contribution in [-0.4, -0.2) is 23.9 Å². The average molecular weight is 330 g/mol. The van der Waals surface area contributed by atoms with Gasteiger partial charge in [0.25, 0.3) is 5.91 Å². The number of fused-ring (bicyclic) bond motifs is 1. The molecule has 2 aromatic carbocycles. The third kappa shape index (κ3) is 2.78. The Kier molecular flexibility index (Phi) is 3.88. The monoisotopic (exact) mass is 329 g/mol. The summed E-state index contributed by atoms with van der Waals surface area (Å²) in [5.74, 6) is 0.162. The lowest BCUT2D eigenvalue weighted by Gasteiger charge is -2.28. The quantitative estimate of drug-likeness (QED) is 0.840. The van der Waals surface area contributed by atoms with Gasteiger partial charge in [0.15, 0.2) is 0 Å². The molecule has 2 aromatic rings. The molecule has 0 saturated carbocycles. The SMILES string of the molecule is O=C1c2ccc(Br)cc2CCN1CCc1ccccc1. The topological polar surface area (TPSA) is 20.3 Å². The van der Waals surface area contributed by atoms with Crippen LogP contribution in [0.15, 0.2) is 53.0 Å². The average Bonchev–Trinajstić information content (AvgIpc) is 2.47. The van der Waals surface area contributed by atoms with E-state index in [1.807, 2.05) is 35.2 Å². The number of carbonyl (C=O) groups is 1. The Bertz CT molecular complexity index is 624. The molecule has 3 rings (SSSR count). The van der Waals surface area contributed by atoms with Crippen LogP contribution in [0.4, 0.5) is 0 Å². The second kappa shape index (κ2) is 5.80. The number of rotatable bonds is 3. The molecule has 1 aliphatic rings. The van der Waals surface area contributed by atoms with E-state index in [4.69, 9.17) is 0 Å². The number of nitrogens with zero attached hydrogens (tertiary/aromatic N) is 1. The first-order valence-corrected chi connectivity index (χ1v) is 7.65. The summed E-state index contributed by atoms with van der Waals surface area (Å²) in [5.41, 5.74) is 3.29. The van der Waals surface area contributed by atoms with Gasteiger partial charge >= 0.3 is 0 Å². The molecule has 0 N–H and O–H groups in total. The lowest BCUT2D eigenvalue weighted by atomic mass is 9.99. The van der Waals surface area contributed by atoms with Crippen LogP contribution in [0.3, 0.4) is 0 Å². The van der Waals surface area contributed by atoms with E-state index in [2.05, 4.69) is 34.1 Å². The fraction of sp³-hybridized carbons (Fsp3) is 0.235. The Morgan fingerprint density at radius 3 is 2.70 bits per heavy atom. The van der Waals surface area contributed by atoms with Crippen LogP contribution in [0, 0.1) is 0 Å². The molecule has 0 unspecified atom stereocenters. The van der Waals surface area contributed by atoms with E-state index < -0.39 is 0 Å². The molecule has 1 heterocycles. The van der Waals surface area contributed by atoms with E-state index in [1.54, 1.807) is 0 Å². The van der Waals surface area contributed by atoms with E-state index in [1.165, 1.54) is 5.56 Å². The smallest absolute Gasteiger partial charge is 0.254 e. The maximum atomic E-state index is 12.5. The molecular weight excluding hydrogens is 314 g/mol. The van der Waals surface area contributed by atoms with Crippen molar-refractivity contribution in [3.63, 3.8) is 0 Å². The van der Waals surface area contributed by atoms with Crippen molar-refractivity contribution in [3.05, 3.63) is 69.7 Å². The highest BCUT2D eigenvalue weighted by atomic mass is 79.9. The molecule has 20 heavy (non-hydrogen) atoms. The summed E-state index contributed by atoms with van der Waals surface area (Å²) < 4.78 is 1.04. The third-order valence-electron chi connectivity index (χ3n) is 3.75. The van der Waals surface area contributed by atoms with Crippen LogP contribution in [0.2, 0.25) is 0 Å². The van der Waals surface area contributed by atoms with Crippen molar-refractivity contribution in [2.24, 2.45) is 0 Å². The van der Waals surface area contributed by atoms with Crippen molar-refractivity contribution in [1.82, 2.24) is 4.90 Å². The highest BCUT2D eigenvalue weighted by Gasteiger charge is 2.23. The van der Waals surface area contributed by atoms with Gasteiger partial charge in [-0.05, 0) is 42.2 Å². The molecular formula is C17H16BrNO. The highest BCUT2D eigenvalue weighted by molar-refractivity contribution is 9.10. The van der Waals surface area contributed by atoms with Crippen molar-refractivity contribution in [2.45, 2.75) is 12.8 Å². The van der Waals surface area contributed by atoms with Crippen LogP contribution in [0.1, 0.15) is 21.5 Å². The summed E-state index contributed by atoms with van der Waals surface area (Å²) in [7, 11) is 0. The predicted molar refractivity (Wildman–Crippen MR) is 83.9 cm³/mol. The first-order valence-electron chi connectivity index (χ1n) is 6.85. The van der Waals surface area contributed by atoms with Gasteiger partial charge in [0.2, 0.25) is 0 Å². The minimum atomic E-state index is 0.162. The molecule has 1 amide bonds. The predicted octanol–water partition coefficient (Wildman–Crippen LogP) is 3.69. The molecule has 0 saturated heterocycles. The van der Waals surface area contributed by atoms with Gasteiger partial charge in [0.1, 0.15) is 0 Å². The minimum Gasteiger partial charge on any atom is -0.338 e. The fourth-order valence-electron chi connectivity index (χ4n) is 2.63. The van der Waals surface area contributed by atoms with Gasteiger partial charge in [-0.3, -0.25) is 4.79 Å².